The first kappa shape index (κ1) is 8.07. The summed E-state index contributed by atoms with van der Waals surface area (Å²) in [5.41, 5.74) is 3.69. The molecule has 2 rings (SSSR count). The van der Waals surface area contributed by atoms with E-state index in [0.29, 0.717) is 0 Å². The van der Waals surface area contributed by atoms with Crippen molar-refractivity contribution >= 4 is 6.08 Å². The Kier molecular flexibility index (Phi) is 2.14. The summed E-state index contributed by atoms with van der Waals surface area (Å²) in [6.45, 7) is 0. The Balaban J connectivity index is 2.48. The van der Waals surface area contributed by atoms with Gasteiger partial charge < -0.3 is 0 Å². The Morgan fingerprint density at radius 3 is 3.31 bits per heavy atom. The Hall–Kier alpha value is -1.55. The van der Waals surface area contributed by atoms with E-state index in [1.165, 1.54) is 11.1 Å². The minimum atomic E-state index is 0.721. The highest BCUT2D eigenvalue weighted by molar-refractivity contribution is 5.54. The van der Waals surface area contributed by atoms with Gasteiger partial charge in [0.25, 0.3) is 0 Å². The van der Waals surface area contributed by atoms with E-state index in [1.807, 2.05) is 12.3 Å². The molecule has 1 aliphatic carbocycles. The van der Waals surface area contributed by atoms with Gasteiger partial charge in [0.15, 0.2) is 0 Å². The average molecular weight is 169 g/mol. The molecule has 0 aromatic carbocycles. The normalized spacial score (nSPS) is 13.5. The number of pyridine rings is 1. The van der Waals surface area contributed by atoms with E-state index in [1.54, 1.807) is 0 Å². The Bertz CT molecular complexity index is 383. The summed E-state index contributed by atoms with van der Waals surface area (Å²) in [6.07, 6.45) is 14.3. The van der Waals surface area contributed by atoms with Crippen LogP contribution in [0.15, 0.2) is 18.3 Å². The lowest BCUT2D eigenvalue weighted by atomic mass is 9.96. The highest BCUT2D eigenvalue weighted by Gasteiger charge is 2.08. The fraction of sp³-hybridized carbons (Fsp3) is 0.250. The molecule has 1 heterocycles. The molecule has 0 amide bonds. The van der Waals surface area contributed by atoms with Gasteiger partial charge in [-0.05, 0) is 36.1 Å². The summed E-state index contributed by atoms with van der Waals surface area (Å²) in [7, 11) is 0. The van der Waals surface area contributed by atoms with Crippen LogP contribution in [0, 0.1) is 12.3 Å². The summed E-state index contributed by atoms with van der Waals surface area (Å²) in [5.74, 6) is 2.68. The highest BCUT2D eigenvalue weighted by Crippen LogP contribution is 2.20. The molecule has 0 bridgehead atoms. The fourth-order valence-electron chi connectivity index (χ4n) is 1.68. The first-order chi connectivity index (χ1) is 6.42. The third kappa shape index (κ3) is 1.48. The first-order valence-corrected chi connectivity index (χ1v) is 4.48. The molecule has 0 radical (unpaired) electrons. The molecule has 13 heavy (non-hydrogen) atoms. The zero-order chi connectivity index (χ0) is 9.10. The van der Waals surface area contributed by atoms with Crippen molar-refractivity contribution in [2.75, 3.05) is 0 Å². The molecule has 1 aromatic heterocycles. The van der Waals surface area contributed by atoms with Crippen molar-refractivity contribution in [1.29, 1.82) is 0 Å². The number of hydrogen-bond acceptors (Lipinski definition) is 1. The van der Waals surface area contributed by atoms with Crippen LogP contribution in [0.1, 0.15) is 23.2 Å². The van der Waals surface area contributed by atoms with Gasteiger partial charge in [0.05, 0.1) is 5.69 Å². The first-order valence-electron chi connectivity index (χ1n) is 4.48. The van der Waals surface area contributed by atoms with Crippen molar-refractivity contribution in [2.45, 2.75) is 19.3 Å². The molecule has 1 aromatic rings. The zero-order valence-corrected chi connectivity index (χ0v) is 7.46. The van der Waals surface area contributed by atoms with E-state index < -0.39 is 0 Å². The second-order valence-electron chi connectivity index (χ2n) is 3.16. The van der Waals surface area contributed by atoms with Crippen LogP contribution in [0.2, 0.25) is 0 Å². The Morgan fingerprint density at radius 1 is 1.54 bits per heavy atom. The minimum absolute atomic E-state index is 0.721. The van der Waals surface area contributed by atoms with Gasteiger partial charge >= 0.3 is 0 Å². The van der Waals surface area contributed by atoms with Gasteiger partial charge in [0.1, 0.15) is 0 Å². The summed E-state index contributed by atoms with van der Waals surface area (Å²) in [5, 5.41) is 0. The molecule has 0 spiro atoms. The van der Waals surface area contributed by atoms with Gasteiger partial charge in [-0.1, -0.05) is 6.08 Å². The topological polar surface area (TPSA) is 12.9 Å². The lowest BCUT2D eigenvalue weighted by molar-refractivity contribution is 0.940. The molecular weight excluding hydrogens is 158 g/mol. The Labute approximate surface area is 78.5 Å². The smallest absolute Gasteiger partial charge is 0.0661 e. The van der Waals surface area contributed by atoms with Crippen LogP contribution in [0.5, 0.6) is 0 Å². The van der Waals surface area contributed by atoms with Crippen molar-refractivity contribution in [3.63, 3.8) is 0 Å². The van der Waals surface area contributed by atoms with Crippen LogP contribution in [0.25, 0.3) is 6.08 Å². The van der Waals surface area contributed by atoms with Gasteiger partial charge in [-0.2, -0.15) is 0 Å². The maximum absolute atomic E-state index is 5.31. The lowest BCUT2D eigenvalue weighted by Crippen LogP contribution is -2.01. The summed E-state index contributed by atoms with van der Waals surface area (Å²) in [4.78, 5) is 4.31. The van der Waals surface area contributed by atoms with Crippen molar-refractivity contribution in [3.8, 4) is 12.3 Å². The summed E-state index contributed by atoms with van der Waals surface area (Å²) in [6, 6.07) is 2.03. The van der Waals surface area contributed by atoms with Crippen molar-refractivity contribution in [1.82, 2.24) is 4.98 Å². The van der Waals surface area contributed by atoms with E-state index >= 15 is 0 Å². The average Bonchev–Trinajstić information content (AvgIpc) is 2.19. The van der Waals surface area contributed by atoms with Crippen LogP contribution >= 0.6 is 0 Å². The van der Waals surface area contributed by atoms with Crippen LogP contribution in [0.3, 0.4) is 0 Å². The SMILES string of the molecule is C#CCc1ccnc2c1CCC=C2. The number of rotatable bonds is 1. The monoisotopic (exact) mass is 169 g/mol. The standard InChI is InChI=1S/C12H11N/c1-2-5-10-8-9-13-12-7-4-3-6-11(10)12/h1,4,7-9H,3,5-6H2. The Morgan fingerprint density at radius 2 is 2.46 bits per heavy atom. The number of nitrogens with zero attached hydrogens (tertiary/aromatic N) is 1. The number of hydrogen-bond donors (Lipinski definition) is 0. The van der Waals surface area contributed by atoms with E-state index in [-0.39, 0.29) is 0 Å². The third-order valence-corrected chi connectivity index (χ3v) is 2.32. The van der Waals surface area contributed by atoms with Gasteiger partial charge in [-0.15, -0.1) is 12.3 Å². The maximum Gasteiger partial charge on any atom is 0.0661 e. The fourth-order valence-corrected chi connectivity index (χ4v) is 1.68. The third-order valence-electron chi connectivity index (χ3n) is 2.32. The molecule has 0 unspecified atom stereocenters. The summed E-state index contributed by atoms with van der Waals surface area (Å²) < 4.78 is 0. The molecule has 0 atom stereocenters. The number of fused-ring (bicyclic) bond motifs is 1. The number of aromatic nitrogens is 1. The van der Waals surface area contributed by atoms with Crippen LogP contribution < -0.4 is 0 Å². The van der Waals surface area contributed by atoms with E-state index in [9.17, 15) is 0 Å². The molecule has 0 N–H and O–H groups in total. The largest absolute Gasteiger partial charge is 0.257 e. The predicted molar refractivity (Wildman–Crippen MR) is 54.1 cm³/mol. The molecule has 0 saturated carbocycles. The zero-order valence-electron chi connectivity index (χ0n) is 7.46. The van der Waals surface area contributed by atoms with Crippen molar-refractivity contribution in [3.05, 3.63) is 35.2 Å². The molecule has 1 nitrogen and oxygen atoms in total. The highest BCUT2D eigenvalue weighted by atomic mass is 14.7. The molecule has 64 valence electrons. The van der Waals surface area contributed by atoms with Gasteiger partial charge in [0, 0.05) is 12.6 Å². The van der Waals surface area contributed by atoms with Crippen molar-refractivity contribution < 1.29 is 0 Å². The molecule has 0 saturated heterocycles. The number of allylic oxidation sites excluding steroid dienone is 1. The second-order valence-corrected chi connectivity index (χ2v) is 3.16. The maximum atomic E-state index is 5.31. The molecule has 0 fully saturated rings. The van der Waals surface area contributed by atoms with Crippen molar-refractivity contribution in [2.24, 2.45) is 0 Å². The lowest BCUT2D eigenvalue weighted by Gasteiger charge is -2.12. The van der Waals surface area contributed by atoms with Crippen LogP contribution in [-0.2, 0) is 12.8 Å². The van der Waals surface area contributed by atoms with Gasteiger partial charge in [-0.25, -0.2) is 0 Å². The minimum Gasteiger partial charge on any atom is -0.257 e. The van der Waals surface area contributed by atoms with Gasteiger partial charge in [-0.3, -0.25) is 4.98 Å². The molecular formula is C12H11N. The molecule has 0 aliphatic heterocycles. The predicted octanol–water partition coefficient (Wildman–Crippen LogP) is 2.22. The molecule has 1 aliphatic rings. The van der Waals surface area contributed by atoms with Crippen LogP contribution in [0.4, 0.5) is 0 Å². The van der Waals surface area contributed by atoms with E-state index in [2.05, 4.69) is 23.1 Å². The van der Waals surface area contributed by atoms with Crippen LogP contribution in [-0.4, -0.2) is 4.98 Å². The van der Waals surface area contributed by atoms with Gasteiger partial charge in [0.2, 0.25) is 0 Å². The van der Waals surface area contributed by atoms with E-state index in [4.69, 9.17) is 6.42 Å². The van der Waals surface area contributed by atoms with E-state index in [0.717, 1.165) is 25.0 Å². The quantitative estimate of drug-likeness (QED) is 0.587. The molecule has 1 heteroatoms. The number of terminal acetylenes is 1. The summed E-state index contributed by atoms with van der Waals surface area (Å²) >= 11 is 0. The second kappa shape index (κ2) is 3.45.